The number of hydrogen-bond acceptors (Lipinski definition) is 3. The van der Waals surface area contributed by atoms with Crippen LogP contribution in [0.1, 0.15) is 29.7 Å². The molecule has 0 saturated carbocycles. The number of rotatable bonds is 5. The minimum atomic E-state index is -0.569. The number of hydrogen-bond donors (Lipinski definition) is 1. The standard InChI is InChI=1S/C21H24N2O3/c1-3-26-17-10-8-16(9-11-17)14-19(24)23-13-12-22-21(25)20(23)18-7-5-4-6-15(18)2/h4-11,20H,3,12-14H2,1-2H3,(H,22,25). The van der Waals surface area contributed by atoms with E-state index in [0.717, 1.165) is 22.4 Å². The molecule has 26 heavy (non-hydrogen) atoms. The average Bonchev–Trinajstić information content (AvgIpc) is 2.64. The van der Waals surface area contributed by atoms with Crippen LogP contribution in [0.4, 0.5) is 0 Å². The van der Waals surface area contributed by atoms with Crippen molar-refractivity contribution in [1.82, 2.24) is 10.2 Å². The predicted octanol–water partition coefficient (Wildman–Crippen LogP) is 2.64. The van der Waals surface area contributed by atoms with Crippen LogP contribution in [0, 0.1) is 6.92 Å². The summed E-state index contributed by atoms with van der Waals surface area (Å²) in [6.45, 7) is 5.51. The SMILES string of the molecule is CCOc1ccc(CC(=O)N2CCNC(=O)C2c2ccccc2C)cc1. The second kappa shape index (κ2) is 8.04. The van der Waals surface area contributed by atoms with E-state index in [4.69, 9.17) is 4.74 Å². The number of nitrogens with one attached hydrogen (secondary N) is 1. The highest BCUT2D eigenvalue weighted by Gasteiger charge is 2.34. The number of benzene rings is 2. The Morgan fingerprint density at radius 2 is 1.92 bits per heavy atom. The predicted molar refractivity (Wildman–Crippen MR) is 100.0 cm³/mol. The molecule has 2 aromatic carbocycles. The van der Waals surface area contributed by atoms with Gasteiger partial charge in [-0.15, -0.1) is 0 Å². The van der Waals surface area contributed by atoms with Crippen molar-refractivity contribution in [3.63, 3.8) is 0 Å². The molecule has 0 aliphatic carbocycles. The van der Waals surface area contributed by atoms with Crippen LogP contribution in [-0.2, 0) is 16.0 Å². The van der Waals surface area contributed by atoms with Crippen molar-refractivity contribution in [2.24, 2.45) is 0 Å². The molecule has 1 atom stereocenters. The van der Waals surface area contributed by atoms with Crippen molar-refractivity contribution < 1.29 is 14.3 Å². The van der Waals surface area contributed by atoms with Gasteiger partial charge in [0, 0.05) is 13.1 Å². The molecule has 0 spiro atoms. The molecule has 136 valence electrons. The Labute approximate surface area is 154 Å². The molecule has 1 aliphatic rings. The van der Waals surface area contributed by atoms with E-state index in [-0.39, 0.29) is 18.2 Å². The molecule has 1 saturated heterocycles. The summed E-state index contributed by atoms with van der Waals surface area (Å²) < 4.78 is 5.44. The van der Waals surface area contributed by atoms with Gasteiger partial charge in [-0.3, -0.25) is 9.59 Å². The molecule has 0 aromatic heterocycles. The van der Waals surface area contributed by atoms with Gasteiger partial charge in [0.2, 0.25) is 11.8 Å². The van der Waals surface area contributed by atoms with Gasteiger partial charge in [0.25, 0.3) is 0 Å². The molecule has 1 unspecified atom stereocenters. The number of carbonyl (C=O) groups excluding carboxylic acids is 2. The van der Waals surface area contributed by atoms with Crippen LogP contribution in [0.25, 0.3) is 0 Å². The maximum absolute atomic E-state index is 12.9. The third-order valence-corrected chi connectivity index (χ3v) is 4.61. The molecule has 1 heterocycles. The van der Waals surface area contributed by atoms with Crippen molar-refractivity contribution in [1.29, 1.82) is 0 Å². The van der Waals surface area contributed by atoms with Crippen LogP contribution in [-0.4, -0.2) is 36.4 Å². The fraction of sp³-hybridized carbons (Fsp3) is 0.333. The van der Waals surface area contributed by atoms with Gasteiger partial charge < -0.3 is 15.0 Å². The summed E-state index contributed by atoms with van der Waals surface area (Å²) in [6, 6.07) is 14.7. The monoisotopic (exact) mass is 352 g/mol. The van der Waals surface area contributed by atoms with Crippen molar-refractivity contribution >= 4 is 11.8 Å². The molecule has 1 fully saturated rings. The Balaban J connectivity index is 1.79. The van der Waals surface area contributed by atoms with Crippen molar-refractivity contribution in [2.75, 3.05) is 19.7 Å². The zero-order valence-electron chi connectivity index (χ0n) is 15.2. The van der Waals surface area contributed by atoms with Crippen LogP contribution in [0.3, 0.4) is 0 Å². The Morgan fingerprint density at radius 1 is 1.19 bits per heavy atom. The Kier molecular flexibility index (Phi) is 5.56. The minimum Gasteiger partial charge on any atom is -0.494 e. The second-order valence-electron chi connectivity index (χ2n) is 6.39. The summed E-state index contributed by atoms with van der Waals surface area (Å²) in [6.07, 6.45) is 0.266. The van der Waals surface area contributed by atoms with E-state index in [2.05, 4.69) is 5.32 Å². The third-order valence-electron chi connectivity index (χ3n) is 4.61. The number of aryl methyl sites for hydroxylation is 1. The van der Waals surface area contributed by atoms with Gasteiger partial charge in [0.15, 0.2) is 0 Å². The fourth-order valence-electron chi connectivity index (χ4n) is 3.28. The Hall–Kier alpha value is -2.82. The van der Waals surface area contributed by atoms with Crippen LogP contribution < -0.4 is 10.1 Å². The number of carbonyl (C=O) groups is 2. The number of piperazine rings is 1. The summed E-state index contributed by atoms with van der Waals surface area (Å²) in [5, 5.41) is 2.88. The van der Waals surface area contributed by atoms with Gasteiger partial charge in [-0.25, -0.2) is 0 Å². The normalized spacial score (nSPS) is 16.9. The molecule has 5 nitrogen and oxygen atoms in total. The van der Waals surface area contributed by atoms with Crippen molar-refractivity contribution in [3.8, 4) is 5.75 Å². The van der Waals surface area contributed by atoms with Gasteiger partial charge in [0.05, 0.1) is 13.0 Å². The smallest absolute Gasteiger partial charge is 0.247 e. The van der Waals surface area contributed by atoms with E-state index >= 15 is 0 Å². The summed E-state index contributed by atoms with van der Waals surface area (Å²) in [5.74, 6) is 0.627. The van der Waals surface area contributed by atoms with Gasteiger partial charge >= 0.3 is 0 Å². The lowest BCUT2D eigenvalue weighted by Crippen LogP contribution is -2.52. The quantitative estimate of drug-likeness (QED) is 0.900. The molecule has 5 heteroatoms. The van der Waals surface area contributed by atoms with Gasteiger partial charge in [-0.05, 0) is 42.7 Å². The number of nitrogens with zero attached hydrogens (tertiary/aromatic N) is 1. The molecule has 2 aromatic rings. The van der Waals surface area contributed by atoms with Crippen LogP contribution in [0.5, 0.6) is 5.75 Å². The van der Waals surface area contributed by atoms with E-state index in [1.54, 1.807) is 4.90 Å². The van der Waals surface area contributed by atoms with Crippen LogP contribution in [0.15, 0.2) is 48.5 Å². The van der Waals surface area contributed by atoms with E-state index in [9.17, 15) is 9.59 Å². The first kappa shape index (κ1) is 18.0. The summed E-state index contributed by atoms with van der Waals surface area (Å²) in [4.78, 5) is 27.1. The maximum atomic E-state index is 12.9. The van der Waals surface area contributed by atoms with E-state index in [1.807, 2.05) is 62.4 Å². The molecule has 3 rings (SSSR count). The highest BCUT2D eigenvalue weighted by Crippen LogP contribution is 2.27. The topological polar surface area (TPSA) is 58.6 Å². The van der Waals surface area contributed by atoms with E-state index < -0.39 is 6.04 Å². The van der Waals surface area contributed by atoms with Gasteiger partial charge in [0.1, 0.15) is 11.8 Å². The molecular formula is C21H24N2O3. The lowest BCUT2D eigenvalue weighted by Gasteiger charge is -2.36. The van der Waals surface area contributed by atoms with Crippen LogP contribution in [0.2, 0.25) is 0 Å². The molecule has 2 amide bonds. The second-order valence-corrected chi connectivity index (χ2v) is 6.39. The summed E-state index contributed by atoms with van der Waals surface area (Å²) in [7, 11) is 0. The highest BCUT2D eigenvalue weighted by molar-refractivity contribution is 5.90. The maximum Gasteiger partial charge on any atom is 0.247 e. The first-order chi connectivity index (χ1) is 12.6. The first-order valence-corrected chi connectivity index (χ1v) is 8.94. The zero-order chi connectivity index (χ0) is 18.5. The van der Waals surface area contributed by atoms with Crippen LogP contribution >= 0.6 is 0 Å². The highest BCUT2D eigenvalue weighted by atomic mass is 16.5. The summed E-state index contributed by atoms with van der Waals surface area (Å²) >= 11 is 0. The average molecular weight is 352 g/mol. The lowest BCUT2D eigenvalue weighted by molar-refractivity contribution is -0.143. The summed E-state index contributed by atoms with van der Waals surface area (Å²) in [5.41, 5.74) is 2.80. The van der Waals surface area contributed by atoms with Crippen molar-refractivity contribution in [3.05, 3.63) is 65.2 Å². The molecule has 1 N–H and O–H groups in total. The first-order valence-electron chi connectivity index (χ1n) is 8.94. The van der Waals surface area contributed by atoms with Gasteiger partial charge in [-0.2, -0.15) is 0 Å². The Bertz CT molecular complexity index is 786. The Morgan fingerprint density at radius 3 is 2.62 bits per heavy atom. The third kappa shape index (κ3) is 3.87. The largest absolute Gasteiger partial charge is 0.494 e. The van der Waals surface area contributed by atoms with Crippen molar-refractivity contribution in [2.45, 2.75) is 26.3 Å². The van der Waals surface area contributed by atoms with E-state index in [0.29, 0.717) is 19.7 Å². The fourth-order valence-corrected chi connectivity index (χ4v) is 3.28. The zero-order valence-corrected chi connectivity index (χ0v) is 15.2. The van der Waals surface area contributed by atoms with Gasteiger partial charge in [-0.1, -0.05) is 36.4 Å². The number of amides is 2. The molecule has 1 aliphatic heterocycles. The molecular weight excluding hydrogens is 328 g/mol. The van der Waals surface area contributed by atoms with E-state index in [1.165, 1.54) is 0 Å². The number of ether oxygens (including phenoxy) is 1. The molecule has 0 radical (unpaired) electrons. The lowest BCUT2D eigenvalue weighted by atomic mass is 9.97. The minimum absolute atomic E-state index is 0.0442. The molecule has 0 bridgehead atoms.